The molecule has 2 rings (SSSR count). The van der Waals surface area contributed by atoms with Crippen LogP contribution in [0.4, 0.5) is 0 Å². The van der Waals surface area contributed by atoms with Gasteiger partial charge in [-0.05, 0) is 42.2 Å². The molecule has 0 fully saturated rings. The van der Waals surface area contributed by atoms with Crippen molar-refractivity contribution in [2.24, 2.45) is 0 Å². The zero-order valence-electron chi connectivity index (χ0n) is 8.58. The first-order valence-electron chi connectivity index (χ1n) is 4.83. The highest BCUT2D eigenvalue weighted by atomic mass is 32.2. The molecule has 0 aliphatic carbocycles. The Kier molecular flexibility index (Phi) is 2.78. The number of benzene rings is 1. The summed E-state index contributed by atoms with van der Waals surface area (Å²) in [5.74, 6) is 0. The van der Waals surface area contributed by atoms with E-state index < -0.39 is 0 Å². The van der Waals surface area contributed by atoms with Gasteiger partial charge in [-0.15, -0.1) is 11.8 Å². The second-order valence-corrected chi connectivity index (χ2v) is 4.53. The van der Waals surface area contributed by atoms with E-state index in [0.29, 0.717) is 0 Å². The molecule has 1 heteroatoms. The Bertz CT molecular complexity index is 382. The van der Waals surface area contributed by atoms with E-state index in [9.17, 15) is 0 Å². The molecule has 0 atom stereocenters. The van der Waals surface area contributed by atoms with Crippen LogP contribution in [0.2, 0.25) is 0 Å². The van der Waals surface area contributed by atoms with Crippen molar-refractivity contribution in [2.45, 2.75) is 20.3 Å². The Morgan fingerprint density at radius 1 is 1.00 bits per heavy atom. The van der Waals surface area contributed by atoms with Crippen LogP contribution in [0.15, 0.2) is 40.7 Å². The second-order valence-electron chi connectivity index (χ2n) is 3.79. The Balaban J connectivity index is 2.24. The van der Waals surface area contributed by atoms with E-state index in [2.05, 4.69) is 48.9 Å². The van der Waals surface area contributed by atoms with Gasteiger partial charge >= 0.3 is 0 Å². The van der Waals surface area contributed by atoms with Gasteiger partial charge in [0.05, 0.1) is 0 Å². The number of hydrogen-bond acceptors (Lipinski definition) is 1. The number of allylic oxidation sites excluding steroid dienone is 2. The average Bonchev–Trinajstić information content (AvgIpc) is 2.19. The fourth-order valence-corrected chi connectivity index (χ4v) is 2.32. The molecular formula is C13H14S. The summed E-state index contributed by atoms with van der Waals surface area (Å²) >= 11 is 1.79. The standard InChI is InChI=1S/C13H14S/c1-10-3-5-12(6-4-10)13-7-11(2)8-14-9-13/h3-6,8-9H,7H2,1-2H3. The van der Waals surface area contributed by atoms with Crippen LogP contribution in [0.3, 0.4) is 0 Å². The highest BCUT2D eigenvalue weighted by Gasteiger charge is 2.05. The molecule has 0 radical (unpaired) electrons. The van der Waals surface area contributed by atoms with Crippen molar-refractivity contribution in [2.75, 3.05) is 0 Å². The van der Waals surface area contributed by atoms with Gasteiger partial charge in [0.15, 0.2) is 0 Å². The third kappa shape index (κ3) is 2.10. The Labute approximate surface area is 89.7 Å². The van der Waals surface area contributed by atoms with E-state index in [0.717, 1.165) is 6.42 Å². The molecule has 1 aliphatic heterocycles. The Morgan fingerprint density at radius 3 is 2.36 bits per heavy atom. The van der Waals surface area contributed by atoms with Crippen LogP contribution < -0.4 is 0 Å². The van der Waals surface area contributed by atoms with Gasteiger partial charge in [0, 0.05) is 0 Å². The maximum absolute atomic E-state index is 2.25. The van der Waals surface area contributed by atoms with Crippen LogP contribution >= 0.6 is 11.8 Å². The molecular weight excluding hydrogens is 188 g/mol. The molecule has 0 saturated carbocycles. The number of thioether (sulfide) groups is 1. The topological polar surface area (TPSA) is 0 Å². The highest BCUT2D eigenvalue weighted by Crippen LogP contribution is 2.31. The predicted molar refractivity (Wildman–Crippen MR) is 65.1 cm³/mol. The van der Waals surface area contributed by atoms with Gasteiger partial charge in [-0.25, -0.2) is 0 Å². The largest absolute Gasteiger partial charge is 0.106 e. The number of hydrogen-bond donors (Lipinski definition) is 0. The van der Waals surface area contributed by atoms with Crippen LogP contribution in [-0.4, -0.2) is 0 Å². The molecule has 1 heterocycles. The van der Waals surface area contributed by atoms with Gasteiger partial charge in [-0.2, -0.15) is 0 Å². The normalized spacial score (nSPS) is 16.1. The molecule has 14 heavy (non-hydrogen) atoms. The SMILES string of the molecule is CC1=CSC=C(c2ccc(C)cc2)C1. The minimum atomic E-state index is 1.09. The van der Waals surface area contributed by atoms with E-state index in [-0.39, 0.29) is 0 Å². The molecule has 1 aromatic rings. The van der Waals surface area contributed by atoms with Crippen molar-refractivity contribution in [3.05, 3.63) is 51.8 Å². The Hall–Kier alpha value is -0.950. The summed E-state index contributed by atoms with van der Waals surface area (Å²) in [4.78, 5) is 0. The zero-order valence-corrected chi connectivity index (χ0v) is 9.40. The summed E-state index contributed by atoms with van der Waals surface area (Å²) in [6, 6.07) is 8.77. The summed E-state index contributed by atoms with van der Waals surface area (Å²) in [7, 11) is 0. The molecule has 72 valence electrons. The average molecular weight is 202 g/mol. The van der Waals surface area contributed by atoms with Crippen molar-refractivity contribution in [3.63, 3.8) is 0 Å². The third-order valence-electron chi connectivity index (χ3n) is 2.37. The molecule has 1 aromatic carbocycles. The fraction of sp³-hybridized carbons (Fsp3) is 0.231. The van der Waals surface area contributed by atoms with Gasteiger partial charge in [0.25, 0.3) is 0 Å². The lowest BCUT2D eigenvalue weighted by molar-refractivity contribution is 1.23. The smallest absolute Gasteiger partial charge is 0.00504 e. The Morgan fingerprint density at radius 2 is 1.71 bits per heavy atom. The molecule has 0 N–H and O–H groups in total. The van der Waals surface area contributed by atoms with Crippen LogP contribution in [0.25, 0.3) is 5.57 Å². The van der Waals surface area contributed by atoms with Crippen LogP contribution in [0.1, 0.15) is 24.5 Å². The van der Waals surface area contributed by atoms with Crippen molar-refractivity contribution in [1.82, 2.24) is 0 Å². The number of rotatable bonds is 1. The minimum Gasteiger partial charge on any atom is -0.106 e. The molecule has 0 bridgehead atoms. The highest BCUT2D eigenvalue weighted by molar-refractivity contribution is 8.05. The summed E-state index contributed by atoms with van der Waals surface area (Å²) in [6.07, 6.45) is 1.09. The third-order valence-corrected chi connectivity index (χ3v) is 3.33. The second kappa shape index (κ2) is 4.05. The molecule has 0 amide bonds. The molecule has 0 aromatic heterocycles. The summed E-state index contributed by atoms with van der Waals surface area (Å²) < 4.78 is 0. The van der Waals surface area contributed by atoms with Gasteiger partial charge in [0.1, 0.15) is 0 Å². The molecule has 0 nitrogen and oxygen atoms in total. The molecule has 0 spiro atoms. The van der Waals surface area contributed by atoms with Gasteiger partial charge < -0.3 is 0 Å². The summed E-state index contributed by atoms with van der Waals surface area (Å²) in [5, 5.41) is 4.47. The molecule has 0 saturated heterocycles. The van der Waals surface area contributed by atoms with E-state index in [1.807, 2.05) is 0 Å². The van der Waals surface area contributed by atoms with Crippen LogP contribution in [0.5, 0.6) is 0 Å². The lowest BCUT2D eigenvalue weighted by Crippen LogP contribution is -1.89. The van der Waals surface area contributed by atoms with E-state index >= 15 is 0 Å². The summed E-state index contributed by atoms with van der Waals surface area (Å²) in [6.45, 7) is 4.31. The van der Waals surface area contributed by atoms with Crippen LogP contribution in [-0.2, 0) is 0 Å². The van der Waals surface area contributed by atoms with Crippen LogP contribution in [0, 0.1) is 6.92 Å². The fourth-order valence-electron chi connectivity index (χ4n) is 1.55. The summed E-state index contributed by atoms with van der Waals surface area (Å²) in [5.41, 5.74) is 5.57. The maximum atomic E-state index is 2.25. The quantitative estimate of drug-likeness (QED) is 0.651. The van der Waals surface area contributed by atoms with E-state index in [4.69, 9.17) is 0 Å². The molecule has 1 aliphatic rings. The van der Waals surface area contributed by atoms with Crippen molar-refractivity contribution < 1.29 is 0 Å². The lowest BCUT2D eigenvalue weighted by Gasteiger charge is -2.12. The van der Waals surface area contributed by atoms with Crippen molar-refractivity contribution in [3.8, 4) is 0 Å². The molecule has 0 unspecified atom stereocenters. The first-order valence-corrected chi connectivity index (χ1v) is 5.77. The first-order chi connectivity index (χ1) is 6.75. The van der Waals surface area contributed by atoms with E-state index in [1.165, 1.54) is 22.3 Å². The minimum absolute atomic E-state index is 1.09. The predicted octanol–water partition coefficient (Wildman–Crippen LogP) is 4.38. The van der Waals surface area contributed by atoms with Crippen molar-refractivity contribution >= 4 is 17.3 Å². The number of aryl methyl sites for hydroxylation is 1. The van der Waals surface area contributed by atoms with E-state index in [1.54, 1.807) is 11.8 Å². The zero-order chi connectivity index (χ0) is 9.97. The van der Waals surface area contributed by atoms with Gasteiger partial charge in [-0.3, -0.25) is 0 Å². The lowest BCUT2D eigenvalue weighted by atomic mass is 10.0. The monoisotopic (exact) mass is 202 g/mol. The van der Waals surface area contributed by atoms with Crippen molar-refractivity contribution in [1.29, 1.82) is 0 Å². The maximum Gasteiger partial charge on any atom is -0.00504 e. The first kappa shape index (κ1) is 9.60. The van der Waals surface area contributed by atoms with Gasteiger partial charge in [-0.1, -0.05) is 35.4 Å². The van der Waals surface area contributed by atoms with Gasteiger partial charge in [0.2, 0.25) is 0 Å².